The number of carbonyl (C=O) groups excluding carboxylic acids is 3. The lowest BCUT2D eigenvalue weighted by Gasteiger charge is -2.24. The normalized spacial score (nSPS) is 15.2. The van der Waals surface area contributed by atoms with E-state index in [-0.39, 0.29) is 24.8 Å². The highest BCUT2D eigenvalue weighted by Gasteiger charge is 2.44. The van der Waals surface area contributed by atoms with Crippen LogP contribution in [0.3, 0.4) is 0 Å². The summed E-state index contributed by atoms with van der Waals surface area (Å²) in [6, 6.07) is 22.1. The molecule has 184 valence electrons. The van der Waals surface area contributed by atoms with Gasteiger partial charge < -0.3 is 15.0 Å². The highest BCUT2D eigenvalue weighted by Crippen LogP contribution is 2.29. The predicted octanol–water partition coefficient (Wildman–Crippen LogP) is 5.05. The molecule has 1 heterocycles. The number of nitrogens with zero attached hydrogens (tertiary/aromatic N) is 2. The number of hydrogen-bond acceptors (Lipinski definition) is 5. The molecule has 0 spiro atoms. The average molecular weight is 522 g/mol. The van der Waals surface area contributed by atoms with Crippen molar-refractivity contribution in [2.75, 3.05) is 16.8 Å². The fourth-order valence-corrected chi connectivity index (χ4v) is 4.43. The molecule has 1 fully saturated rings. The molecular weight excluding hydrogens is 498 g/mol. The first-order chi connectivity index (χ1) is 17.4. The van der Waals surface area contributed by atoms with E-state index in [1.54, 1.807) is 60.4 Å². The lowest BCUT2D eigenvalue weighted by molar-refractivity contribution is -0.124. The summed E-state index contributed by atoms with van der Waals surface area (Å²) < 4.78 is 4.98. The molecule has 0 bridgehead atoms. The summed E-state index contributed by atoms with van der Waals surface area (Å²) in [6.07, 6.45) is -0.102. The van der Waals surface area contributed by atoms with E-state index in [1.165, 1.54) is 4.90 Å². The molecule has 9 heteroatoms. The Balaban J connectivity index is 1.53. The van der Waals surface area contributed by atoms with Gasteiger partial charge >= 0.3 is 5.97 Å². The topological polar surface area (TPSA) is 78.9 Å². The van der Waals surface area contributed by atoms with Crippen molar-refractivity contribution in [1.82, 2.24) is 4.90 Å². The Kier molecular flexibility index (Phi) is 7.97. The van der Waals surface area contributed by atoms with Crippen LogP contribution in [0.1, 0.15) is 29.3 Å². The van der Waals surface area contributed by atoms with E-state index in [1.807, 2.05) is 30.3 Å². The number of anilines is 2. The first kappa shape index (κ1) is 25.3. The van der Waals surface area contributed by atoms with Crippen LogP contribution in [-0.2, 0) is 20.9 Å². The van der Waals surface area contributed by atoms with Crippen LogP contribution in [-0.4, -0.2) is 40.4 Å². The van der Waals surface area contributed by atoms with E-state index < -0.39 is 12.0 Å². The van der Waals surface area contributed by atoms with Gasteiger partial charge in [-0.1, -0.05) is 41.9 Å². The van der Waals surface area contributed by atoms with Crippen molar-refractivity contribution >= 4 is 58.1 Å². The van der Waals surface area contributed by atoms with Crippen molar-refractivity contribution in [2.45, 2.75) is 25.9 Å². The largest absolute Gasteiger partial charge is 0.462 e. The monoisotopic (exact) mass is 521 g/mol. The van der Waals surface area contributed by atoms with E-state index >= 15 is 0 Å². The standard InChI is InChI=1S/C27H24ClN3O4S/c1-2-35-26(34)19-8-12-21(13-9-19)29-24(32)16-23-25(33)31(22-14-10-20(28)11-15-22)27(36)30(23)17-18-6-4-3-5-7-18/h3-15,23H,2,16-17H2,1H3,(H,29,32). The van der Waals surface area contributed by atoms with Crippen LogP contribution in [0.2, 0.25) is 5.02 Å². The van der Waals surface area contributed by atoms with Crippen LogP contribution in [0.4, 0.5) is 11.4 Å². The third-order valence-corrected chi connectivity index (χ3v) is 6.33. The van der Waals surface area contributed by atoms with Crippen LogP contribution >= 0.6 is 23.8 Å². The van der Waals surface area contributed by atoms with Gasteiger partial charge in [0.2, 0.25) is 5.91 Å². The molecule has 2 amide bonds. The molecule has 7 nitrogen and oxygen atoms in total. The van der Waals surface area contributed by atoms with Gasteiger partial charge in [-0.15, -0.1) is 0 Å². The Labute approximate surface area is 219 Å². The number of rotatable bonds is 8. The summed E-state index contributed by atoms with van der Waals surface area (Å²) in [5, 5.41) is 3.67. The molecule has 3 aromatic rings. The number of nitrogens with one attached hydrogen (secondary N) is 1. The molecule has 36 heavy (non-hydrogen) atoms. The van der Waals surface area contributed by atoms with Gasteiger partial charge in [-0.05, 0) is 73.2 Å². The summed E-state index contributed by atoms with van der Waals surface area (Å²) in [4.78, 5) is 41.5. The Morgan fingerprint density at radius 3 is 2.31 bits per heavy atom. The van der Waals surface area contributed by atoms with Crippen molar-refractivity contribution in [2.24, 2.45) is 0 Å². The number of carbonyl (C=O) groups is 3. The number of esters is 1. The van der Waals surface area contributed by atoms with Gasteiger partial charge in [0.25, 0.3) is 5.91 Å². The highest BCUT2D eigenvalue weighted by atomic mass is 35.5. The lowest BCUT2D eigenvalue weighted by atomic mass is 10.1. The molecule has 0 aliphatic carbocycles. The second-order valence-corrected chi connectivity index (χ2v) is 8.91. The second kappa shape index (κ2) is 11.3. The quantitative estimate of drug-likeness (QED) is 0.330. The van der Waals surface area contributed by atoms with Crippen molar-refractivity contribution < 1.29 is 19.1 Å². The molecular formula is C27H24ClN3O4S. The molecule has 1 aliphatic heterocycles. The van der Waals surface area contributed by atoms with Gasteiger partial charge in [-0.25, -0.2) is 4.79 Å². The van der Waals surface area contributed by atoms with E-state index in [0.717, 1.165) is 5.56 Å². The molecule has 0 aromatic heterocycles. The highest BCUT2D eigenvalue weighted by molar-refractivity contribution is 7.80. The molecule has 1 saturated heterocycles. The second-order valence-electron chi connectivity index (χ2n) is 8.11. The smallest absolute Gasteiger partial charge is 0.338 e. The fourth-order valence-electron chi connectivity index (χ4n) is 3.91. The van der Waals surface area contributed by atoms with Crippen molar-refractivity contribution in [3.8, 4) is 0 Å². The number of hydrogen-bond donors (Lipinski definition) is 1. The minimum Gasteiger partial charge on any atom is -0.462 e. The van der Waals surface area contributed by atoms with Crippen LogP contribution < -0.4 is 10.2 Å². The fraction of sp³-hybridized carbons (Fsp3) is 0.185. The maximum atomic E-state index is 13.5. The number of halogens is 1. The molecule has 4 rings (SSSR count). The van der Waals surface area contributed by atoms with Crippen molar-refractivity contribution in [3.63, 3.8) is 0 Å². The zero-order chi connectivity index (χ0) is 25.7. The van der Waals surface area contributed by atoms with Crippen LogP contribution in [0.15, 0.2) is 78.9 Å². The molecule has 1 aliphatic rings. The molecule has 0 radical (unpaired) electrons. The summed E-state index contributed by atoms with van der Waals surface area (Å²) in [7, 11) is 0. The van der Waals surface area contributed by atoms with Gasteiger partial charge in [0.15, 0.2) is 5.11 Å². The Bertz CT molecular complexity index is 1270. The van der Waals surface area contributed by atoms with Gasteiger partial charge in [0.05, 0.1) is 24.3 Å². The van der Waals surface area contributed by atoms with Gasteiger partial charge in [-0.2, -0.15) is 0 Å². The SMILES string of the molecule is CCOC(=O)c1ccc(NC(=O)CC2C(=O)N(c3ccc(Cl)cc3)C(=S)N2Cc2ccccc2)cc1. The van der Waals surface area contributed by atoms with Crippen molar-refractivity contribution in [1.29, 1.82) is 0 Å². The molecule has 1 N–H and O–H groups in total. The van der Waals surface area contributed by atoms with Crippen LogP contribution in [0.25, 0.3) is 0 Å². The zero-order valence-electron chi connectivity index (χ0n) is 19.5. The van der Waals surface area contributed by atoms with E-state index in [0.29, 0.717) is 33.6 Å². The minimum absolute atomic E-state index is 0.102. The average Bonchev–Trinajstić information content (AvgIpc) is 3.09. The Morgan fingerprint density at radius 1 is 1.00 bits per heavy atom. The van der Waals surface area contributed by atoms with Gasteiger partial charge in [-0.3, -0.25) is 14.5 Å². The first-order valence-corrected chi connectivity index (χ1v) is 12.2. The maximum Gasteiger partial charge on any atom is 0.338 e. The van der Waals surface area contributed by atoms with Crippen LogP contribution in [0.5, 0.6) is 0 Å². The van der Waals surface area contributed by atoms with E-state index in [2.05, 4.69) is 5.32 Å². The number of ether oxygens (including phenoxy) is 1. The van der Waals surface area contributed by atoms with E-state index in [9.17, 15) is 14.4 Å². The van der Waals surface area contributed by atoms with Gasteiger partial charge in [0.1, 0.15) is 6.04 Å². The predicted molar refractivity (Wildman–Crippen MR) is 143 cm³/mol. The minimum atomic E-state index is -0.785. The number of amides is 2. The Morgan fingerprint density at radius 2 is 1.67 bits per heavy atom. The number of benzene rings is 3. The third-order valence-electron chi connectivity index (χ3n) is 5.66. The summed E-state index contributed by atoms with van der Waals surface area (Å²) in [6.45, 7) is 2.39. The first-order valence-electron chi connectivity index (χ1n) is 11.4. The summed E-state index contributed by atoms with van der Waals surface area (Å²) in [5.41, 5.74) is 2.44. The lowest BCUT2D eigenvalue weighted by Crippen LogP contribution is -2.37. The summed E-state index contributed by atoms with van der Waals surface area (Å²) >= 11 is 11.7. The zero-order valence-corrected chi connectivity index (χ0v) is 21.1. The third kappa shape index (κ3) is 5.72. The van der Waals surface area contributed by atoms with Crippen LogP contribution in [0, 0.1) is 0 Å². The molecule has 3 aromatic carbocycles. The summed E-state index contributed by atoms with van der Waals surface area (Å²) in [5.74, 6) is -1.07. The molecule has 1 atom stereocenters. The molecule has 0 saturated carbocycles. The van der Waals surface area contributed by atoms with Crippen molar-refractivity contribution in [3.05, 3.63) is 95.0 Å². The van der Waals surface area contributed by atoms with Gasteiger partial charge in [0, 0.05) is 17.3 Å². The number of thiocarbonyl (C=S) groups is 1. The maximum absolute atomic E-state index is 13.5. The Hall–Kier alpha value is -3.75. The molecule has 1 unspecified atom stereocenters. The van der Waals surface area contributed by atoms with E-state index in [4.69, 9.17) is 28.6 Å².